The number of rotatable bonds is 7. The zero-order valence-electron chi connectivity index (χ0n) is 13.9. The van der Waals surface area contributed by atoms with Gasteiger partial charge in [0.25, 0.3) is 0 Å². The number of nitrogens with one attached hydrogen (secondary N) is 1. The van der Waals surface area contributed by atoms with Gasteiger partial charge in [-0.25, -0.2) is 0 Å². The topological polar surface area (TPSA) is 35.5 Å². The van der Waals surface area contributed by atoms with Crippen molar-refractivity contribution in [2.45, 2.75) is 13.8 Å². The van der Waals surface area contributed by atoms with Gasteiger partial charge in [-0.05, 0) is 61.4 Å². The summed E-state index contributed by atoms with van der Waals surface area (Å²) in [4.78, 5) is 2.17. The van der Waals surface area contributed by atoms with E-state index in [2.05, 4.69) is 22.3 Å². The first-order valence-electron chi connectivity index (χ1n) is 7.59. The lowest BCUT2D eigenvalue weighted by Crippen LogP contribution is -2.27. The summed E-state index contributed by atoms with van der Waals surface area (Å²) in [7, 11) is 0. The highest BCUT2D eigenvalue weighted by Crippen LogP contribution is 2.28. The Labute approximate surface area is 160 Å². The van der Waals surface area contributed by atoms with Crippen LogP contribution in [0.4, 0.5) is 17.1 Å². The summed E-state index contributed by atoms with van der Waals surface area (Å²) < 4.78 is 0. The Hall–Kier alpha value is -1.29. The zero-order chi connectivity index (χ0) is 16.8. The van der Waals surface area contributed by atoms with E-state index in [-0.39, 0.29) is 12.4 Å². The molecule has 0 aromatic heterocycles. The third-order valence-electron chi connectivity index (χ3n) is 3.72. The van der Waals surface area contributed by atoms with Crippen molar-refractivity contribution in [3.8, 4) is 5.75 Å². The molecule has 0 unspecified atom stereocenters. The molecule has 0 bridgehead atoms. The molecule has 2 rings (SSSR count). The van der Waals surface area contributed by atoms with E-state index in [1.807, 2.05) is 38.1 Å². The van der Waals surface area contributed by atoms with Gasteiger partial charge < -0.3 is 15.3 Å². The van der Waals surface area contributed by atoms with E-state index in [1.165, 1.54) is 0 Å². The van der Waals surface area contributed by atoms with E-state index in [0.717, 1.165) is 41.3 Å². The molecule has 0 saturated heterocycles. The standard InChI is InChI=1S/C18H22Cl2N2O.ClH/c1-13-11-16(12-14(2)18(13)23)21-15-3-5-17(6-4-15)22(9-7-19)10-8-20;/h3-6,11-12,21,23H,7-10H2,1-2H3;1H. The summed E-state index contributed by atoms with van der Waals surface area (Å²) >= 11 is 11.7. The summed E-state index contributed by atoms with van der Waals surface area (Å²) in [5, 5.41) is 13.2. The molecule has 0 aliphatic rings. The van der Waals surface area contributed by atoms with Crippen molar-refractivity contribution in [3.63, 3.8) is 0 Å². The van der Waals surface area contributed by atoms with Crippen molar-refractivity contribution in [2.75, 3.05) is 35.1 Å². The fraction of sp³-hybridized carbons (Fsp3) is 0.333. The number of halogens is 3. The molecule has 0 aliphatic heterocycles. The third kappa shape index (κ3) is 5.37. The van der Waals surface area contributed by atoms with Gasteiger partial charge in [0.05, 0.1) is 0 Å². The Morgan fingerprint density at radius 3 is 1.88 bits per heavy atom. The number of aromatic hydroxyl groups is 1. The van der Waals surface area contributed by atoms with Crippen LogP contribution in [0.5, 0.6) is 5.75 Å². The number of hydrogen-bond donors (Lipinski definition) is 2. The minimum absolute atomic E-state index is 0. The molecule has 2 N–H and O–H groups in total. The first-order chi connectivity index (χ1) is 11.0. The molecule has 24 heavy (non-hydrogen) atoms. The van der Waals surface area contributed by atoms with Gasteiger partial charge in [0.1, 0.15) is 5.75 Å². The molecule has 0 aliphatic carbocycles. The third-order valence-corrected chi connectivity index (χ3v) is 4.06. The smallest absolute Gasteiger partial charge is 0.121 e. The summed E-state index contributed by atoms with van der Waals surface area (Å²) in [6.45, 7) is 5.34. The van der Waals surface area contributed by atoms with Gasteiger partial charge in [-0.15, -0.1) is 35.6 Å². The van der Waals surface area contributed by atoms with Crippen molar-refractivity contribution in [3.05, 3.63) is 47.5 Å². The number of phenolic OH excluding ortho intramolecular Hbond substituents is 1. The Morgan fingerprint density at radius 2 is 1.42 bits per heavy atom. The molecule has 3 nitrogen and oxygen atoms in total. The highest BCUT2D eigenvalue weighted by molar-refractivity contribution is 6.18. The maximum Gasteiger partial charge on any atom is 0.121 e. The van der Waals surface area contributed by atoms with Crippen LogP contribution in [0.3, 0.4) is 0 Å². The normalized spacial score (nSPS) is 10.2. The largest absolute Gasteiger partial charge is 0.507 e. The number of alkyl halides is 2. The molecule has 0 saturated carbocycles. The minimum Gasteiger partial charge on any atom is -0.507 e. The van der Waals surface area contributed by atoms with Crippen molar-refractivity contribution < 1.29 is 5.11 Å². The minimum atomic E-state index is 0. The molecular weight excluding hydrogens is 367 g/mol. The lowest BCUT2D eigenvalue weighted by Gasteiger charge is -2.23. The van der Waals surface area contributed by atoms with Crippen LogP contribution < -0.4 is 10.2 Å². The van der Waals surface area contributed by atoms with Crippen molar-refractivity contribution in [2.24, 2.45) is 0 Å². The van der Waals surface area contributed by atoms with E-state index in [0.29, 0.717) is 17.5 Å². The lowest BCUT2D eigenvalue weighted by atomic mass is 10.1. The van der Waals surface area contributed by atoms with Gasteiger partial charge in [-0.3, -0.25) is 0 Å². The average Bonchev–Trinajstić information content (AvgIpc) is 2.53. The first-order valence-corrected chi connectivity index (χ1v) is 8.66. The molecule has 0 atom stereocenters. The number of phenols is 1. The average molecular weight is 390 g/mol. The van der Waals surface area contributed by atoms with Crippen LogP contribution in [0.2, 0.25) is 0 Å². The molecule has 2 aromatic carbocycles. The highest BCUT2D eigenvalue weighted by Gasteiger charge is 2.06. The molecule has 0 fully saturated rings. The number of aryl methyl sites for hydroxylation is 2. The summed E-state index contributed by atoms with van der Waals surface area (Å²) in [6, 6.07) is 12.0. The van der Waals surface area contributed by atoms with Crippen LogP contribution >= 0.6 is 35.6 Å². The molecule has 0 radical (unpaired) electrons. The summed E-state index contributed by atoms with van der Waals surface area (Å²) in [6.07, 6.45) is 0. The van der Waals surface area contributed by atoms with E-state index < -0.39 is 0 Å². The van der Waals surface area contributed by atoms with Gasteiger partial charge in [-0.1, -0.05) is 0 Å². The van der Waals surface area contributed by atoms with Crippen LogP contribution in [-0.4, -0.2) is 30.0 Å². The molecule has 132 valence electrons. The first kappa shape index (κ1) is 20.8. The molecular formula is C18H23Cl3N2O. The predicted molar refractivity (Wildman–Crippen MR) is 108 cm³/mol. The fourth-order valence-corrected chi connectivity index (χ4v) is 2.93. The second-order valence-electron chi connectivity index (χ2n) is 5.50. The van der Waals surface area contributed by atoms with E-state index in [9.17, 15) is 5.11 Å². The van der Waals surface area contributed by atoms with Crippen molar-refractivity contribution in [1.82, 2.24) is 0 Å². The van der Waals surface area contributed by atoms with Gasteiger partial charge >= 0.3 is 0 Å². The second-order valence-corrected chi connectivity index (χ2v) is 6.25. The SMILES string of the molecule is Cc1cc(Nc2ccc(N(CCCl)CCCl)cc2)cc(C)c1O.Cl. The van der Waals surface area contributed by atoms with Gasteiger partial charge in [0.2, 0.25) is 0 Å². The second kappa shape index (κ2) is 9.87. The van der Waals surface area contributed by atoms with Crippen LogP contribution in [0.15, 0.2) is 36.4 Å². The van der Waals surface area contributed by atoms with Gasteiger partial charge in [0.15, 0.2) is 0 Å². The number of nitrogens with zero attached hydrogens (tertiary/aromatic N) is 1. The fourth-order valence-electron chi connectivity index (χ4n) is 2.52. The lowest BCUT2D eigenvalue weighted by molar-refractivity contribution is 0.467. The van der Waals surface area contributed by atoms with Crippen LogP contribution in [-0.2, 0) is 0 Å². The molecule has 0 spiro atoms. The summed E-state index contributed by atoms with van der Waals surface area (Å²) in [5.74, 6) is 1.50. The molecule has 2 aromatic rings. The van der Waals surface area contributed by atoms with Gasteiger partial charge in [-0.2, -0.15) is 0 Å². The molecule has 0 amide bonds. The van der Waals surface area contributed by atoms with Crippen LogP contribution in [0, 0.1) is 13.8 Å². The van der Waals surface area contributed by atoms with Gasteiger partial charge in [0, 0.05) is 41.9 Å². The predicted octanol–water partition coefficient (Wildman–Crippen LogP) is 5.46. The highest BCUT2D eigenvalue weighted by atomic mass is 35.5. The van der Waals surface area contributed by atoms with E-state index in [1.54, 1.807) is 0 Å². The maximum atomic E-state index is 9.84. The van der Waals surface area contributed by atoms with E-state index >= 15 is 0 Å². The Morgan fingerprint density at radius 1 is 0.917 bits per heavy atom. The molecule has 0 heterocycles. The van der Waals surface area contributed by atoms with Crippen molar-refractivity contribution >= 4 is 52.7 Å². The Kier molecular flexibility index (Phi) is 8.54. The van der Waals surface area contributed by atoms with E-state index in [4.69, 9.17) is 23.2 Å². The summed E-state index contributed by atoms with van der Waals surface area (Å²) in [5.41, 5.74) is 4.79. The maximum absolute atomic E-state index is 9.84. The Bertz CT molecular complexity index is 618. The quantitative estimate of drug-likeness (QED) is 0.487. The van der Waals surface area contributed by atoms with Crippen molar-refractivity contribution in [1.29, 1.82) is 0 Å². The zero-order valence-corrected chi connectivity index (χ0v) is 16.2. The Balaban J connectivity index is 0.00000288. The van der Waals surface area contributed by atoms with Crippen LogP contribution in [0.25, 0.3) is 0 Å². The number of benzene rings is 2. The monoisotopic (exact) mass is 388 g/mol. The number of anilines is 3. The molecule has 6 heteroatoms. The van der Waals surface area contributed by atoms with Crippen LogP contribution in [0.1, 0.15) is 11.1 Å². The number of hydrogen-bond acceptors (Lipinski definition) is 3.